The molecule has 65 heavy (non-hydrogen) atoms. The van der Waals surface area contributed by atoms with Crippen molar-refractivity contribution in [3.63, 3.8) is 0 Å². The van der Waals surface area contributed by atoms with Crippen LogP contribution in [0, 0.1) is 15.5 Å². The van der Waals surface area contributed by atoms with Gasteiger partial charge in [0.2, 0.25) is 5.91 Å². The third-order valence-electron chi connectivity index (χ3n) is 13.8. The highest BCUT2D eigenvalue weighted by Crippen LogP contribution is 2.65. The van der Waals surface area contributed by atoms with E-state index in [-0.39, 0.29) is 48.0 Å². The minimum absolute atomic E-state index is 0.00777. The first-order valence-corrected chi connectivity index (χ1v) is 24.2. The van der Waals surface area contributed by atoms with Crippen LogP contribution in [-0.4, -0.2) is 63.7 Å². The number of fused-ring (bicyclic) bond motifs is 11. The Morgan fingerprint density at radius 1 is 0.908 bits per heavy atom. The monoisotopic (exact) mass is 897 g/mol. The third-order valence-corrected chi connectivity index (χ3v) is 16.8. The minimum Gasteiger partial charge on any atom is -0.490 e. The number of nitro groups is 1. The van der Waals surface area contributed by atoms with Crippen molar-refractivity contribution in [1.82, 2.24) is 5.32 Å². The maximum absolute atomic E-state index is 14.1. The van der Waals surface area contributed by atoms with Gasteiger partial charge in [-0.15, -0.1) is 0 Å². The van der Waals surface area contributed by atoms with Gasteiger partial charge in [-0.05, 0) is 96.6 Å². The number of hydrogen-bond donors (Lipinski definition) is 2. The van der Waals surface area contributed by atoms with Crippen LogP contribution in [0.5, 0.6) is 17.2 Å². The van der Waals surface area contributed by atoms with Crippen LogP contribution in [0.4, 0.5) is 5.69 Å². The zero-order valence-electron chi connectivity index (χ0n) is 36.7. The molecule has 4 heterocycles. The van der Waals surface area contributed by atoms with E-state index in [4.69, 9.17) is 37.6 Å². The van der Waals surface area contributed by atoms with Crippen molar-refractivity contribution in [3.05, 3.63) is 151 Å². The summed E-state index contributed by atoms with van der Waals surface area (Å²) in [5, 5.41) is 17.2. The fourth-order valence-electron chi connectivity index (χ4n) is 10.6. The second-order valence-corrected chi connectivity index (χ2v) is 20.7. The normalized spacial score (nSPS) is 25.1. The Bertz CT molecular complexity index is 2890. The van der Waals surface area contributed by atoms with E-state index in [0.717, 1.165) is 33.0 Å². The Morgan fingerprint density at radius 2 is 1.65 bits per heavy atom. The van der Waals surface area contributed by atoms with Crippen molar-refractivity contribution in [3.8, 4) is 17.2 Å². The van der Waals surface area contributed by atoms with E-state index in [0.29, 0.717) is 65.6 Å². The lowest BCUT2D eigenvalue weighted by Gasteiger charge is -2.58. The van der Waals surface area contributed by atoms with E-state index in [9.17, 15) is 19.7 Å². The molecule has 0 saturated carbocycles. The van der Waals surface area contributed by atoms with Crippen molar-refractivity contribution in [2.24, 2.45) is 11.1 Å². The number of carbonyl (C=O) groups is 1. The molecule has 4 aliphatic rings. The van der Waals surface area contributed by atoms with Gasteiger partial charge >= 0.3 is 14.4 Å². The largest absolute Gasteiger partial charge is 0.502 e. The lowest BCUT2D eigenvalue weighted by Crippen LogP contribution is -2.58. The number of nitro benzene ring substituents is 1. The van der Waals surface area contributed by atoms with Gasteiger partial charge in [0, 0.05) is 48.0 Å². The van der Waals surface area contributed by atoms with E-state index in [1.807, 2.05) is 92.7 Å². The number of hydrogen-bond acceptors (Lipinski definition) is 12. The standard InChI is InChI=1S/C50H51N3O11Si/c1-29-45-30(2)63-65(62-29,64-45)24-8-21-52-47(54)41(51)25-31-13-18-35(19-14-31)58-22-23-59-36-20-16-33-28-50(40-11-7-9-32-15-17-34(53(56)57)26-38(32)40)49(3,4)44(39(33)27-36)43-46(61-50)37-10-5-6-12-42(37)60-48(43)55/h5-7,9-20,26-27,29-30,41,44-45H,8,21-25,28,51H2,1-4H3,(H,52,54)/t29?,30?,41-,44-,45?,50?,65?/m1/s1. The van der Waals surface area contributed by atoms with E-state index < -0.39 is 37.4 Å². The first-order valence-electron chi connectivity index (χ1n) is 22.2. The molecule has 5 atom stereocenters. The maximum Gasteiger partial charge on any atom is 0.502 e. The molecule has 1 aliphatic carbocycles. The molecule has 3 unspecified atom stereocenters. The fourth-order valence-corrected chi connectivity index (χ4v) is 13.9. The number of ether oxygens (including phenoxy) is 3. The topological polar surface area (TPSA) is 184 Å². The van der Waals surface area contributed by atoms with Gasteiger partial charge in [-0.2, -0.15) is 0 Å². The molecule has 14 nitrogen and oxygen atoms in total. The third kappa shape index (κ3) is 7.44. The van der Waals surface area contributed by atoms with Gasteiger partial charge in [-0.3, -0.25) is 14.9 Å². The molecule has 10 rings (SSSR count). The van der Waals surface area contributed by atoms with Crippen LogP contribution in [-0.2, 0) is 36.5 Å². The SMILES string of the molecule is CC1O[Si]2(CCCNC(=O)[C@H](N)Cc3ccc(OCCOc4ccc5c(c4)[C@@H]4c6c(c7ccccc7oc6=O)OC(c6cccc7ccc([N+](=O)[O-])cc67)(C5)C4(C)C)cc3)OC(C)C1O2. The predicted octanol–water partition coefficient (Wildman–Crippen LogP) is 7.85. The maximum atomic E-state index is 14.1. The minimum atomic E-state index is -2.64. The summed E-state index contributed by atoms with van der Waals surface area (Å²) in [6, 6.07) is 31.5. The molecule has 1 amide bonds. The van der Waals surface area contributed by atoms with Crippen LogP contribution in [0.3, 0.4) is 0 Å². The molecule has 2 fully saturated rings. The predicted molar refractivity (Wildman–Crippen MR) is 244 cm³/mol. The molecule has 4 bridgehead atoms. The highest BCUT2D eigenvalue weighted by atomic mass is 28.4. The van der Waals surface area contributed by atoms with Crippen LogP contribution in [0.15, 0.2) is 112 Å². The zero-order chi connectivity index (χ0) is 45.3. The lowest BCUT2D eigenvalue weighted by atomic mass is 9.52. The molecular formula is C50H51N3O11Si. The fraction of sp³-hybridized carbons (Fsp3) is 0.360. The molecule has 0 spiro atoms. The highest BCUT2D eigenvalue weighted by molar-refractivity contribution is 6.62. The molecule has 3 N–H and O–H groups in total. The molecule has 2 saturated heterocycles. The molecule has 5 aromatic carbocycles. The molecular weight excluding hydrogens is 847 g/mol. The number of nitrogens with one attached hydrogen (secondary N) is 1. The van der Waals surface area contributed by atoms with E-state index in [2.05, 4.69) is 19.2 Å². The van der Waals surface area contributed by atoms with Crippen molar-refractivity contribution in [1.29, 1.82) is 0 Å². The molecule has 0 radical (unpaired) electrons. The highest BCUT2D eigenvalue weighted by Gasteiger charge is 2.63. The number of carbonyl (C=O) groups excluding carboxylic acids is 1. The Kier molecular flexibility index (Phi) is 10.8. The van der Waals surface area contributed by atoms with Crippen LogP contribution in [0.1, 0.15) is 67.9 Å². The van der Waals surface area contributed by atoms with Crippen molar-refractivity contribution >= 4 is 42.1 Å². The van der Waals surface area contributed by atoms with Gasteiger partial charge in [0.15, 0.2) is 0 Å². The van der Waals surface area contributed by atoms with Gasteiger partial charge in [0.25, 0.3) is 5.69 Å². The second-order valence-electron chi connectivity index (χ2n) is 18.2. The summed E-state index contributed by atoms with van der Waals surface area (Å²) in [6.07, 6.45) is 1.55. The van der Waals surface area contributed by atoms with Crippen molar-refractivity contribution in [2.75, 3.05) is 19.8 Å². The van der Waals surface area contributed by atoms with Gasteiger partial charge in [-0.25, -0.2) is 4.79 Å². The summed E-state index contributed by atoms with van der Waals surface area (Å²) in [5.41, 5.74) is 8.42. The van der Waals surface area contributed by atoms with Crippen LogP contribution in [0.25, 0.3) is 21.7 Å². The number of nitrogens with two attached hydrogens (primary N) is 1. The second kappa shape index (κ2) is 16.4. The first-order chi connectivity index (χ1) is 31.3. The van der Waals surface area contributed by atoms with Gasteiger partial charge in [0.1, 0.15) is 41.6 Å². The molecule has 3 aliphatic heterocycles. The zero-order valence-corrected chi connectivity index (χ0v) is 37.7. The Labute approximate surface area is 376 Å². The smallest absolute Gasteiger partial charge is 0.490 e. The van der Waals surface area contributed by atoms with Gasteiger partial charge in [-0.1, -0.05) is 62.4 Å². The van der Waals surface area contributed by atoms with Crippen LogP contribution in [0.2, 0.25) is 6.04 Å². The number of benzene rings is 5. The van der Waals surface area contributed by atoms with Gasteiger partial charge < -0.3 is 43.0 Å². The summed E-state index contributed by atoms with van der Waals surface area (Å²) in [4.78, 5) is 38.5. The number of para-hydroxylation sites is 1. The quantitative estimate of drug-likeness (QED) is 0.0356. The molecule has 336 valence electrons. The average molecular weight is 898 g/mol. The molecule has 1 aromatic heterocycles. The van der Waals surface area contributed by atoms with E-state index in [1.54, 1.807) is 18.2 Å². The van der Waals surface area contributed by atoms with Crippen molar-refractivity contribution < 1.29 is 41.6 Å². The number of nitrogens with zero attached hydrogens (tertiary/aromatic N) is 1. The average Bonchev–Trinajstić information content (AvgIpc) is 3.79. The summed E-state index contributed by atoms with van der Waals surface area (Å²) >= 11 is 0. The van der Waals surface area contributed by atoms with E-state index >= 15 is 0 Å². The summed E-state index contributed by atoms with van der Waals surface area (Å²) in [6.45, 7) is 9.19. The Morgan fingerprint density at radius 3 is 2.40 bits per heavy atom. The van der Waals surface area contributed by atoms with Gasteiger partial charge in [0.05, 0.1) is 40.2 Å². The van der Waals surface area contributed by atoms with Crippen LogP contribution < -0.4 is 30.9 Å². The summed E-state index contributed by atoms with van der Waals surface area (Å²) in [5.74, 6) is 1.01. The summed E-state index contributed by atoms with van der Waals surface area (Å²) in [7, 11) is -2.64. The molecule has 15 heteroatoms. The number of amides is 1. The van der Waals surface area contributed by atoms with E-state index in [1.165, 1.54) is 6.07 Å². The number of rotatable bonds is 14. The first kappa shape index (κ1) is 42.8. The molecule has 6 aromatic rings. The Balaban J connectivity index is 0.822. The van der Waals surface area contributed by atoms with Crippen molar-refractivity contribution in [2.45, 2.75) is 88.9 Å². The van der Waals surface area contributed by atoms with Crippen LogP contribution >= 0.6 is 0 Å². The Hall–Kier alpha value is -6.10. The lowest BCUT2D eigenvalue weighted by molar-refractivity contribution is -0.384. The summed E-state index contributed by atoms with van der Waals surface area (Å²) < 4.78 is 43.7. The number of non-ortho nitro benzene ring substituents is 1.